The van der Waals surface area contributed by atoms with Crippen molar-refractivity contribution in [1.29, 1.82) is 0 Å². The third kappa shape index (κ3) is 5.06. The Kier molecular flexibility index (Phi) is 6.10. The molecule has 2 amide bonds. The predicted molar refractivity (Wildman–Crippen MR) is 106 cm³/mol. The molecule has 1 aromatic carbocycles. The average molecular weight is 358 g/mol. The van der Waals surface area contributed by atoms with Crippen LogP contribution in [0.4, 0.5) is 10.5 Å². The Hall–Kier alpha value is -1.85. The summed E-state index contributed by atoms with van der Waals surface area (Å²) in [5, 5.41) is 5.15. The Bertz CT molecular complexity index is 659. The number of amides is 2. The molecule has 1 N–H and O–H groups in total. The highest BCUT2D eigenvalue weighted by atomic mass is 32.1. The lowest BCUT2D eigenvalue weighted by Crippen LogP contribution is -2.50. The number of rotatable bonds is 5. The van der Waals surface area contributed by atoms with Gasteiger partial charge in [-0.2, -0.15) is 0 Å². The van der Waals surface area contributed by atoms with Crippen molar-refractivity contribution in [3.05, 3.63) is 52.2 Å². The number of hydrogen-bond acceptors (Lipinski definition) is 3. The Morgan fingerprint density at radius 1 is 1.12 bits per heavy atom. The highest BCUT2D eigenvalue weighted by Crippen LogP contribution is 2.18. The number of urea groups is 1. The predicted octanol–water partition coefficient (Wildman–Crippen LogP) is 4.26. The molecule has 0 unspecified atom stereocenters. The summed E-state index contributed by atoms with van der Waals surface area (Å²) in [7, 11) is 0. The molecule has 5 heteroatoms. The van der Waals surface area contributed by atoms with E-state index in [2.05, 4.69) is 53.7 Å². The molecule has 0 atom stereocenters. The zero-order chi connectivity index (χ0) is 17.6. The molecular weight excluding hydrogens is 330 g/mol. The van der Waals surface area contributed by atoms with Crippen LogP contribution in [-0.2, 0) is 6.42 Å². The summed E-state index contributed by atoms with van der Waals surface area (Å²) in [4.78, 5) is 18.2. The number of nitrogens with one attached hydrogen (secondary N) is 1. The van der Waals surface area contributed by atoms with E-state index in [0.717, 1.165) is 44.8 Å². The molecule has 1 aliphatic heterocycles. The van der Waals surface area contributed by atoms with Crippen LogP contribution in [0.3, 0.4) is 0 Å². The molecule has 0 saturated carbocycles. The van der Waals surface area contributed by atoms with Gasteiger partial charge in [-0.3, -0.25) is 4.90 Å². The van der Waals surface area contributed by atoms with Gasteiger partial charge in [-0.15, -0.1) is 11.3 Å². The maximum absolute atomic E-state index is 12.4. The lowest BCUT2D eigenvalue weighted by molar-refractivity contribution is 0.148. The summed E-state index contributed by atoms with van der Waals surface area (Å²) < 4.78 is 0. The largest absolute Gasteiger partial charge is 0.322 e. The van der Waals surface area contributed by atoms with E-state index in [0.29, 0.717) is 5.92 Å². The molecule has 2 aromatic rings. The molecule has 2 heterocycles. The van der Waals surface area contributed by atoms with Gasteiger partial charge in [0, 0.05) is 43.3 Å². The molecule has 0 bridgehead atoms. The van der Waals surface area contributed by atoms with Crippen molar-refractivity contribution in [2.75, 3.05) is 38.0 Å². The first-order valence-corrected chi connectivity index (χ1v) is 9.90. The van der Waals surface area contributed by atoms with E-state index in [4.69, 9.17) is 0 Å². The van der Waals surface area contributed by atoms with E-state index in [1.165, 1.54) is 10.4 Å². The molecule has 1 aliphatic rings. The van der Waals surface area contributed by atoms with Gasteiger partial charge in [0.25, 0.3) is 0 Å². The van der Waals surface area contributed by atoms with E-state index in [1.807, 2.05) is 28.4 Å². The number of carbonyl (C=O) groups excluding carboxylic acids is 1. The molecule has 134 valence electrons. The monoisotopic (exact) mass is 357 g/mol. The first-order chi connectivity index (χ1) is 12.1. The summed E-state index contributed by atoms with van der Waals surface area (Å²) in [5.74, 6) is 0.506. The van der Waals surface area contributed by atoms with Crippen LogP contribution < -0.4 is 5.32 Å². The standard InChI is InChI=1S/C20H27N3OS/c1-16(2)17-5-7-18(8-6-17)21-20(24)23-13-11-22(12-14-23)10-9-19-4-3-15-25-19/h3-8,15-16H,9-14H2,1-2H3,(H,21,24). The lowest BCUT2D eigenvalue weighted by atomic mass is 10.0. The zero-order valence-corrected chi connectivity index (χ0v) is 15.9. The van der Waals surface area contributed by atoms with Crippen LogP contribution in [0.2, 0.25) is 0 Å². The van der Waals surface area contributed by atoms with E-state index in [9.17, 15) is 4.79 Å². The van der Waals surface area contributed by atoms with Crippen molar-refractivity contribution in [3.8, 4) is 0 Å². The van der Waals surface area contributed by atoms with Crippen molar-refractivity contribution in [2.24, 2.45) is 0 Å². The smallest absolute Gasteiger partial charge is 0.321 e. The summed E-state index contributed by atoms with van der Waals surface area (Å²) >= 11 is 1.82. The minimum Gasteiger partial charge on any atom is -0.322 e. The minimum atomic E-state index is 0.00945. The summed E-state index contributed by atoms with van der Waals surface area (Å²) in [6.45, 7) is 8.90. The summed E-state index contributed by atoms with van der Waals surface area (Å²) in [6.07, 6.45) is 1.10. The maximum atomic E-state index is 12.4. The molecule has 0 radical (unpaired) electrons. The first kappa shape index (κ1) is 18.0. The van der Waals surface area contributed by atoms with Gasteiger partial charge in [-0.25, -0.2) is 4.79 Å². The molecule has 1 aromatic heterocycles. The fourth-order valence-electron chi connectivity index (χ4n) is 3.05. The van der Waals surface area contributed by atoms with Crippen LogP contribution in [0, 0.1) is 0 Å². The second kappa shape index (κ2) is 8.50. The van der Waals surface area contributed by atoms with Crippen LogP contribution in [0.1, 0.15) is 30.2 Å². The van der Waals surface area contributed by atoms with Gasteiger partial charge < -0.3 is 10.2 Å². The molecule has 1 fully saturated rings. The van der Waals surface area contributed by atoms with Crippen LogP contribution in [0.15, 0.2) is 41.8 Å². The second-order valence-corrected chi connectivity index (χ2v) is 7.90. The third-order valence-electron chi connectivity index (χ3n) is 4.74. The van der Waals surface area contributed by atoms with Crippen molar-refractivity contribution in [3.63, 3.8) is 0 Å². The summed E-state index contributed by atoms with van der Waals surface area (Å²) in [6, 6.07) is 12.5. The van der Waals surface area contributed by atoms with Gasteiger partial charge in [0.15, 0.2) is 0 Å². The SMILES string of the molecule is CC(C)c1ccc(NC(=O)N2CCN(CCc3cccs3)CC2)cc1. The van der Waals surface area contributed by atoms with Gasteiger partial charge in [-0.1, -0.05) is 32.0 Å². The topological polar surface area (TPSA) is 35.6 Å². The minimum absolute atomic E-state index is 0.00945. The Labute approximate surface area is 154 Å². The third-order valence-corrected chi connectivity index (χ3v) is 5.68. The molecular formula is C20H27N3OS. The van der Waals surface area contributed by atoms with Crippen LogP contribution in [-0.4, -0.2) is 48.6 Å². The Balaban J connectivity index is 1.43. The van der Waals surface area contributed by atoms with Crippen LogP contribution in [0.25, 0.3) is 0 Å². The Morgan fingerprint density at radius 2 is 1.84 bits per heavy atom. The van der Waals surface area contributed by atoms with Gasteiger partial charge in [0.2, 0.25) is 0 Å². The zero-order valence-electron chi connectivity index (χ0n) is 15.1. The fourth-order valence-corrected chi connectivity index (χ4v) is 3.75. The quantitative estimate of drug-likeness (QED) is 0.868. The molecule has 0 aliphatic carbocycles. The van der Waals surface area contributed by atoms with E-state index >= 15 is 0 Å². The molecule has 4 nitrogen and oxygen atoms in total. The number of anilines is 1. The van der Waals surface area contributed by atoms with Crippen molar-refractivity contribution < 1.29 is 4.79 Å². The van der Waals surface area contributed by atoms with Crippen molar-refractivity contribution >= 4 is 23.1 Å². The van der Waals surface area contributed by atoms with E-state index in [-0.39, 0.29) is 6.03 Å². The average Bonchev–Trinajstić information content (AvgIpc) is 3.14. The summed E-state index contributed by atoms with van der Waals surface area (Å²) in [5.41, 5.74) is 2.16. The number of benzene rings is 1. The number of thiophene rings is 1. The number of nitrogens with zero attached hydrogens (tertiary/aromatic N) is 2. The highest BCUT2D eigenvalue weighted by molar-refractivity contribution is 7.09. The van der Waals surface area contributed by atoms with Crippen LogP contribution in [0.5, 0.6) is 0 Å². The fraction of sp³-hybridized carbons (Fsp3) is 0.450. The normalized spacial score (nSPS) is 15.6. The first-order valence-electron chi connectivity index (χ1n) is 9.02. The van der Waals surface area contributed by atoms with Crippen molar-refractivity contribution in [2.45, 2.75) is 26.2 Å². The van der Waals surface area contributed by atoms with E-state index < -0.39 is 0 Å². The second-order valence-electron chi connectivity index (χ2n) is 6.86. The van der Waals surface area contributed by atoms with E-state index in [1.54, 1.807) is 0 Å². The number of carbonyl (C=O) groups is 1. The van der Waals surface area contributed by atoms with Gasteiger partial charge in [-0.05, 0) is 41.5 Å². The van der Waals surface area contributed by atoms with Crippen LogP contribution >= 0.6 is 11.3 Å². The molecule has 1 saturated heterocycles. The number of hydrogen-bond donors (Lipinski definition) is 1. The molecule has 3 rings (SSSR count). The molecule has 25 heavy (non-hydrogen) atoms. The van der Waals surface area contributed by atoms with Gasteiger partial charge in [0.1, 0.15) is 0 Å². The lowest BCUT2D eigenvalue weighted by Gasteiger charge is -2.34. The van der Waals surface area contributed by atoms with Crippen molar-refractivity contribution in [1.82, 2.24) is 9.80 Å². The van der Waals surface area contributed by atoms with Gasteiger partial charge >= 0.3 is 6.03 Å². The highest BCUT2D eigenvalue weighted by Gasteiger charge is 2.21. The number of piperazine rings is 1. The van der Waals surface area contributed by atoms with Gasteiger partial charge in [0.05, 0.1) is 0 Å². The molecule has 0 spiro atoms. The Morgan fingerprint density at radius 3 is 2.44 bits per heavy atom. The maximum Gasteiger partial charge on any atom is 0.321 e.